The van der Waals surface area contributed by atoms with Crippen LogP contribution in [0.25, 0.3) is 0 Å². The van der Waals surface area contributed by atoms with E-state index in [1.807, 2.05) is 18.5 Å². The first-order chi connectivity index (χ1) is 8.88. The van der Waals surface area contributed by atoms with Crippen LogP contribution in [0.5, 0.6) is 0 Å². The summed E-state index contributed by atoms with van der Waals surface area (Å²) in [7, 11) is 0. The van der Waals surface area contributed by atoms with Gasteiger partial charge >= 0.3 is 0 Å². The molecule has 1 N–H and O–H groups in total. The maximum absolute atomic E-state index is 4.12. The van der Waals surface area contributed by atoms with Crippen molar-refractivity contribution < 1.29 is 0 Å². The fraction of sp³-hybridized carbons (Fsp3) is 0.667. The molecule has 0 bridgehead atoms. The Morgan fingerprint density at radius 3 is 3.22 bits per heavy atom. The second kappa shape index (κ2) is 7.49. The van der Waals surface area contributed by atoms with Gasteiger partial charge in [-0.1, -0.05) is 19.4 Å². The van der Waals surface area contributed by atoms with Crippen LogP contribution in [0.15, 0.2) is 24.5 Å². The molecule has 3 nitrogen and oxygen atoms in total. The lowest BCUT2D eigenvalue weighted by Gasteiger charge is -2.32. The molecule has 2 rings (SSSR count). The standard InChI is InChI=1S/C15H25N3/c1-2-14-6-4-9-18(13-14)10-8-17-12-15-5-3-7-16-11-15/h3,5,7,11,14,17H,2,4,6,8-10,12-13H2,1H3. The van der Waals surface area contributed by atoms with E-state index >= 15 is 0 Å². The first kappa shape index (κ1) is 13.5. The van der Waals surface area contributed by atoms with Crippen molar-refractivity contribution in [3.8, 4) is 0 Å². The third-order valence-electron chi connectivity index (χ3n) is 3.84. The molecule has 0 spiro atoms. The first-order valence-electron chi connectivity index (χ1n) is 7.20. The van der Waals surface area contributed by atoms with E-state index in [0.29, 0.717) is 0 Å². The third-order valence-corrected chi connectivity index (χ3v) is 3.84. The van der Waals surface area contributed by atoms with Gasteiger partial charge in [0.1, 0.15) is 0 Å². The minimum Gasteiger partial charge on any atom is -0.311 e. The van der Waals surface area contributed by atoms with Gasteiger partial charge < -0.3 is 10.2 Å². The maximum Gasteiger partial charge on any atom is 0.0312 e. The lowest BCUT2D eigenvalue weighted by molar-refractivity contribution is 0.172. The van der Waals surface area contributed by atoms with Gasteiger partial charge in [0.05, 0.1) is 0 Å². The van der Waals surface area contributed by atoms with E-state index in [0.717, 1.165) is 19.0 Å². The summed E-state index contributed by atoms with van der Waals surface area (Å²) in [6.07, 6.45) is 7.89. The SMILES string of the molecule is CCC1CCCN(CCNCc2cccnc2)C1. The number of nitrogens with zero attached hydrogens (tertiary/aromatic N) is 2. The Kier molecular flexibility index (Phi) is 5.62. The number of piperidine rings is 1. The largest absolute Gasteiger partial charge is 0.311 e. The van der Waals surface area contributed by atoms with Crippen molar-refractivity contribution in [3.05, 3.63) is 30.1 Å². The highest BCUT2D eigenvalue weighted by atomic mass is 15.1. The molecule has 2 heterocycles. The highest BCUT2D eigenvalue weighted by molar-refractivity contribution is 5.07. The van der Waals surface area contributed by atoms with Crippen molar-refractivity contribution in [1.82, 2.24) is 15.2 Å². The fourth-order valence-corrected chi connectivity index (χ4v) is 2.66. The topological polar surface area (TPSA) is 28.2 Å². The van der Waals surface area contributed by atoms with Gasteiger partial charge in [0.2, 0.25) is 0 Å². The molecule has 0 aliphatic carbocycles. The zero-order valence-electron chi connectivity index (χ0n) is 11.4. The normalized spacial score (nSPS) is 21.1. The summed E-state index contributed by atoms with van der Waals surface area (Å²) < 4.78 is 0. The smallest absolute Gasteiger partial charge is 0.0312 e. The molecule has 1 saturated heterocycles. The average Bonchev–Trinajstić information content (AvgIpc) is 2.45. The minimum atomic E-state index is 0.928. The van der Waals surface area contributed by atoms with Gasteiger partial charge in [0.15, 0.2) is 0 Å². The molecule has 18 heavy (non-hydrogen) atoms. The second-order valence-corrected chi connectivity index (χ2v) is 5.26. The average molecular weight is 247 g/mol. The van der Waals surface area contributed by atoms with Crippen molar-refractivity contribution in [2.24, 2.45) is 5.92 Å². The zero-order chi connectivity index (χ0) is 12.6. The number of nitrogens with one attached hydrogen (secondary N) is 1. The number of aromatic nitrogens is 1. The number of hydrogen-bond donors (Lipinski definition) is 1. The van der Waals surface area contributed by atoms with Crippen molar-refractivity contribution >= 4 is 0 Å². The van der Waals surface area contributed by atoms with Gasteiger partial charge in [0.25, 0.3) is 0 Å². The number of likely N-dealkylation sites (tertiary alicyclic amines) is 1. The summed E-state index contributed by atoms with van der Waals surface area (Å²) in [5.74, 6) is 0.928. The number of rotatable bonds is 6. The molecule has 0 saturated carbocycles. The Morgan fingerprint density at radius 1 is 1.50 bits per heavy atom. The van der Waals surface area contributed by atoms with Crippen LogP contribution in [-0.4, -0.2) is 36.1 Å². The highest BCUT2D eigenvalue weighted by Crippen LogP contribution is 2.18. The highest BCUT2D eigenvalue weighted by Gasteiger charge is 2.17. The number of pyridine rings is 1. The third kappa shape index (κ3) is 4.39. The molecule has 1 fully saturated rings. The van der Waals surface area contributed by atoms with E-state index in [1.54, 1.807) is 0 Å². The monoisotopic (exact) mass is 247 g/mol. The molecule has 0 amide bonds. The minimum absolute atomic E-state index is 0.928. The van der Waals surface area contributed by atoms with Gasteiger partial charge in [-0.3, -0.25) is 4.98 Å². The summed E-state index contributed by atoms with van der Waals surface area (Å²) >= 11 is 0. The Morgan fingerprint density at radius 2 is 2.44 bits per heavy atom. The molecule has 1 aromatic heterocycles. The summed E-state index contributed by atoms with van der Waals surface area (Å²) in [6.45, 7) is 8.08. The van der Waals surface area contributed by atoms with Gasteiger partial charge in [0, 0.05) is 38.6 Å². The predicted octanol–water partition coefficient (Wildman–Crippen LogP) is 2.29. The van der Waals surface area contributed by atoms with E-state index in [4.69, 9.17) is 0 Å². The van der Waals surface area contributed by atoms with E-state index in [-0.39, 0.29) is 0 Å². The van der Waals surface area contributed by atoms with Crippen LogP contribution in [0.3, 0.4) is 0 Å². The Bertz CT molecular complexity index is 326. The summed E-state index contributed by atoms with van der Waals surface area (Å²) in [6, 6.07) is 4.11. The van der Waals surface area contributed by atoms with Crippen molar-refractivity contribution in [2.75, 3.05) is 26.2 Å². The van der Waals surface area contributed by atoms with Gasteiger partial charge in [-0.2, -0.15) is 0 Å². The van der Waals surface area contributed by atoms with Crippen LogP contribution < -0.4 is 5.32 Å². The van der Waals surface area contributed by atoms with Crippen molar-refractivity contribution in [1.29, 1.82) is 0 Å². The molecule has 0 aromatic carbocycles. The van der Waals surface area contributed by atoms with Crippen LogP contribution in [0.2, 0.25) is 0 Å². The Labute approximate surface area is 111 Å². The first-order valence-corrected chi connectivity index (χ1v) is 7.20. The maximum atomic E-state index is 4.12. The lowest BCUT2D eigenvalue weighted by Crippen LogP contribution is -2.39. The van der Waals surface area contributed by atoms with E-state index in [2.05, 4.69) is 28.2 Å². The molecule has 1 aliphatic heterocycles. The van der Waals surface area contributed by atoms with E-state index in [9.17, 15) is 0 Å². The number of hydrogen-bond acceptors (Lipinski definition) is 3. The molecule has 100 valence electrons. The molecule has 1 atom stereocenters. The quantitative estimate of drug-likeness (QED) is 0.782. The molecule has 1 aliphatic rings. The zero-order valence-corrected chi connectivity index (χ0v) is 11.4. The molecule has 1 unspecified atom stereocenters. The molecule has 3 heteroatoms. The summed E-state index contributed by atoms with van der Waals surface area (Å²) in [4.78, 5) is 6.73. The Balaban J connectivity index is 1.60. The van der Waals surface area contributed by atoms with E-state index < -0.39 is 0 Å². The van der Waals surface area contributed by atoms with Gasteiger partial charge in [-0.25, -0.2) is 0 Å². The fourth-order valence-electron chi connectivity index (χ4n) is 2.66. The van der Waals surface area contributed by atoms with Crippen molar-refractivity contribution in [2.45, 2.75) is 32.7 Å². The predicted molar refractivity (Wildman–Crippen MR) is 75.4 cm³/mol. The van der Waals surface area contributed by atoms with Gasteiger partial charge in [-0.15, -0.1) is 0 Å². The van der Waals surface area contributed by atoms with Crippen LogP contribution in [0, 0.1) is 5.92 Å². The lowest BCUT2D eigenvalue weighted by atomic mass is 9.96. The molecule has 0 radical (unpaired) electrons. The van der Waals surface area contributed by atoms with E-state index in [1.165, 1.54) is 44.5 Å². The molecular formula is C15H25N3. The molecule has 1 aromatic rings. The van der Waals surface area contributed by atoms with Crippen LogP contribution in [0.4, 0.5) is 0 Å². The van der Waals surface area contributed by atoms with Crippen molar-refractivity contribution in [3.63, 3.8) is 0 Å². The Hall–Kier alpha value is -0.930. The van der Waals surface area contributed by atoms with Crippen LogP contribution in [-0.2, 0) is 6.54 Å². The van der Waals surface area contributed by atoms with Crippen LogP contribution in [0.1, 0.15) is 31.7 Å². The summed E-state index contributed by atoms with van der Waals surface area (Å²) in [5, 5.41) is 3.50. The van der Waals surface area contributed by atoms with Crippen LogP contribution >= 0.6 is 0 Å². The summed E-state index contributed by atoms with van der Waals surface area (Å²) in [5.41, 5.74) is 1.27. The van der Waals surface area contributed by atoms with Gasteiger partial charge in [-0.05, 0) is 36.9 Å². The molecular weight excluding hydrogens is 222 g/mol. The second-order valence-electron chi connectivity index (χ2n) is 5.26.